The van der Waals surface area contributed by atoms with E-state index >= 15 is 0 Å². The number of hydrogen-bond acceptors (Lipinski definition) is 7. The molecule has 2 N–H and O–H groups in total. The van der Waals surface area contributed by atoms with Gasteiger partial charge in [0.1, 0.15) is 13.2 Å². The predicted octanol–water partition coefficient (Wildman–Crippen LogP) is 1.04. The highest BCUT2D eigenvalue weighted by molar-refractivity contribution is 5.79. The van der Waals surface area contributed by atoms with Crippen molar-refractivity contribution in [3.63, 3.8) is 0 Å². The molecule has 164 valence electrons. The maximum absolute atomic E-state index is 11.6. The van der Waals surface area contributed by atoms with E-state index in [0.717, 1.165) is 12.8 Å². The predicted molar refractivity (Wildman–Crippen MR) is 102 cm³/mol. The quantitative estimate of drug-likeness (QED) is 0.288. The number of Topliss-reactive ketones (excluding diaryl/α,β-unsaturated/α-hetero) is 1. The minimum Gasteiger partial charge on any atom is -0.481 e. The SMILES string of the molecule is COCCOCC(=O)CCCOCCOCC(=O)NCCCC[C@H](C)C(=O)O. The van der Waals surface area contributed by atoms with Gasteiger partial charge in [0.15, 0.2) is 5.78 Å². The van der Waals surface area contributed by atoms with Crippen LogP contribution in [0.15, 0.2) is 0 Å². The molecule has 9 nitrogen and oxygen atoms in total. The van der Waals surface area contributed by atoms with Gasteiger partial charge in [0, 0.05) is 26.7 Å². The number of amides is 1. The van der Waals surface area contributed by atoms with Crippen LogP contribution in [-0.2, 0) is 33.3 Å². The smallest absolute Gasteiger partial charge is 0.306 e. The van der Waals surface area contributed by atoms with Gasteiger partial charge >= 0.3 is 5.97 Å². The van der Waals surface area contributed by atoms with E-state index < -0.39 is 5.97 Å². The maximum atomic E-state index is 11.6. The Kier molecular flexibility index (Phi) is 17.8. The van der Waals surface area contributed by atoms with Crippen molar-refractivity contribution in [3.8, 4) is 0 Å². The molecule has 0 saturated carbocycles. The summed E-state index contributed by atoms with van der Waals surface area (Å²) in [6.45, 7) is 4.24. The molecule has 1 atom stereocenters. The molecular weight excluding hydrogens is 370 g/mol. The summed E-state index contributed by atoms with van der Waals surface area (Å²) < 4.78 is 20.5. The Morgan fingerprint density at radius 1 is 0.893 bits per heavy atom. The molecule has 0 spiro atoms. The van der Waals surface area contributed by atoms with Gasteiger partial charge in [-0.15, -0.1) is 0 Å². The van der Waals surface area contributed by atoms with E-state index in [2.05, 4.69) is 5.32 Å². The third-order valence-corrected chi connectivity index (χ3v) is 3.85. The lowest BCUT2D eigenvalue weighted by molar-refractivity contribution is -0.141. The summed E-state index contributed by atoms with van der Waals surface area (Å²) in [5.41, 5.74) is 0. The topological polar surface area (TPSA) is 120 Å². The van der Waals surface area contributed by atoms with Crippen molar-refractivity contribution in [2.75, 3.05) is 59.9 Å². The van der Waals surface area contributed by atoms with Crippen LogP contribution >= 0.6 is 0 Å². The first kappa shape index (κ1) is 26.4. The van der Waals surface area contributed by atoms with Crippen LogP contribution in [0.5, 0.6) is 0 Å². The van der Waals surface area contributed by atoms with E-state index in [1.165, 1.54) is 0 Å². The second kappa shape index (κ2) is 18.8. The summed E-state index contributed by atoms with van der Waals surface area (Å²) in [5, 5.41) is 11.5. The summed E-state index contributed by atoms with van der Waals surface area (Å²) >= 11 is 0. The molecule has 0 aliphatic rings. The van der Waals surface area contributed by atoms with Crippen molar-refractivity contribution < 1.29 is 38.4 Å². The van der Waals surface area contributed by atoms with Gasteiger partial charge in [0.2, 0.25) is 5.91 Å². The van der Waals surface area contributed by atoms with Gasteiger partial charge < -0.3 is 29.4 Å². The highest BCUT2D eigenvalue weighted by atomic mass is 16.5. The first-order valence-electron chi connectivity index (χ1n) is 9.70. The van der Waals surface area contributed by atoms with Crippen molar-refractivity contribution >= 4 is 17.7 Å². The van der Waals surface area contributed by atoms with Crippen molar-refractivity contribution in [1.29, 1.82) is 0 Å². The monoisotopic (exact) mass is 405 g/mol. The summed E-state index contributed by atoms with van der Waals surface area (Å²) in [6, 6.07) is 0. The van der Waals surface area contributed by atoms with Crippen LogP contribution in [0.3, 0.4) is 0 Å². The fourth-order valence-corrected chi connectivity index (χ4v) is 2.13. The Morgan fingerprint density at radius 2 is 1.57 bits per heavy atom. The van der Waals surface area contributed by atoms with Gasteiger partial charge in [-0.25, -0.2) is 0 Å². The summed E-state index contributed by atoms with van der Waals surface area (Å²) in [7, 11) is 1.58. The number of aliphatic carboxylic acids is 1. The Hall–Kier alpha value is -1.55. The molecule has 0 rings (SSSR count). The van der Waals surface area contributed by atoms with Crippen LogP contribution in [-0.4, -0.2) is 82.7 Å². The number of ketones is 1. The number of unbranched alkanes of at least 4 members (excludes halogenated alkanes) is 1. The van der Waals surface area contributed by atoms with Crippen LogP contribution in [0.4, 0.5) is 0 Å². The molecule has 0 heterocycles. The second-order valence-corrected chi connectivity index (χ2v) is 6.44. The van der Waals surface area contributed by atoms with Crippen LogP contribution in [0.2, 0.25) is 0 Å². The Labute approximate surface area is 167 Å². The van der Waals surface area contributed by atoms with Gasteiger partial charge in [-0.2, -0.15) is 0 Å². The summed E-state index contributed by atoms with van der Waals surface area (Å²) in [6.07, 6.45) is 3.12. The molecule has 0 fully saturated rings. The maximum Gasteiger partial charge on any atom is 0.306 e. The van der Waals surface area contributed by atoms with Crippen LogP contribution < -0.4 is 5.32 Å². The third kappa shape index (κ3) is 17.8. The zero-order chi connectivity index (χ0) is 21.0. The van der Waals surface area contributed by atoms with Crippen LogP contribution in [0.25, 0.3) is 0 Å². The van der Waals surface area contributed by atoms with E-state index in [-0.39, 0.29) is 30.8 Å². The number of carboxylic acid groups (broad SMARTS) is 1. The highest BCUT2D eigenvalue weighted by Crippen LogP contribution is 2.06. The highest BCUT2D eigenvalue weighted by Gasteiger charge is 2.09. The molecule has 0 aromatic carbocycles. The lowest BCUT2D eigenvalue weighted by Gasteiger charge is -2.08. The van der Waals surface area contributed by atoms with E-state index in [0.29, 0.717) is 58.8 Å². The molecule has 0 bridgehead atoms. The van der Waals surface area contributed by atoms with Gasteiger partial charge in [0.25, 0.3) is 0 Å². The second-order valence-electron chi connectivity index (χ2n) is 6.44. The van der Waals surface area contributed by atoms with Crippen LogP contribution in [0, 0.1) is 5.92 Å². The first-order valence-corrected chi connectivity index (χ1v) is 9.70. The summed E-state index contributed by atoms with van der Waals surface area (Å²) in [4.78, 5) is 33.7. The number of hydrogen-bond donors (Lipinski definition) is 2. The van der Waals surface area contributed by atoms with Crippen LogP contribution in [0.1, 0.15) is 39.0 Å². The molecule has 28 heavy (non-hydrogen) atoms. The normalized spacial score (nSPS) is 11.9. The van der Waals surface area contributed by atoms with Crippen molar-refractivity contribution in [3.05, 3.63) is 0 Å². The minimum atomic E-state index is -0.793. The number of rotatable bonds is 20. The summed E-state index contributed by atoms with van der Waals surface area (Å²) in [5.74, 6) is -1.32. The standard InChI is InChI=1S/C19H35NO8/c1-16(19(23)24)6-3-4-8-20-18(22)15-28-13-12-26-9-5-7-17(21)14-27-11-10-25-2/h16H,3-15H2,1-2H3,(H,20,22)(H,23,24)/t16-/m0/s1. The van der Waals surface area contributed by atoms with Gasteiger partial charge in [0.05, 0.1) is 32.3 Å². The van der Waals surface area contributed by atoms with E-state index in [4.69, 9.17) is 24.1 Å². The molecule has 0 aromatic rings. The van der Waals surface area contributed by atoms with E-state index in [1.54, 1.807) is 14.0 Å². The average molecular weight is 405 g/mol. The van der Waals surface area contributed by atoms with Gasteiger partial charge in [-0.05, 0) is 19.3 Å². The molecule has 0 saturated heterocycles. The number of ether oxygens (including phenoxy) is 4. The molecule has 1 amide bonds. The molecule has 0 aliphatic heterocycles. The average Bonchev–Trinajstić information content (AvgIpc) is 2.66. The Balaban J connectivity index is 3.34. The number of carbonyl (C=O) groups is 3. The van der Waals surface area contributed by atoms with Gasteiger partial charge in [-0.3, -0.25) is 14.4 Å². The third-order valence-electron chi connectivity index (χ3n) is 3.85. The number of carboxylic acids is 1. The zero-order valence-electron chi connectivity index (χ0n) is 17.1. The number of nitrogens with one attached hydrogen (secondary N) is 1. The largest absolute Gasteiger partial charge is 0.481 e. The van der Waals surface area contributed by atoms with Crippen molar-refractivity contribution in [2.45, 2.75) is 39.0 Å². The molecule has 9 heteroatoms. The van der Waals surface area contributed by atoms with E-state index in [9.17, 15) is 14.4 Å². The van der Waals surface area contributed by atoms with Crippen molar-refractivity contribution in [1.82, 2.24) is 5.32 Å². The molecule has 0 unspecified atom stereocenters. The first-order chi connectivity index (χ1) is 13.5. The Morgan fingerprint density at radius 3 is 2.29 bits per heavy atom. The van der Waals surface area contributed by atoms with E-state index in [1.807, 2.05) is 0 Å². The number of methoxy groups -OCH3 is 1. The Bertz CT molecular complexity index is 430. The molecular formula is C19H35NO8. The van der Waals surface area contributed by atoms with Crippen molar-refractivity contribution in [2.24, 2.45) is 5.92 Å². The molecule has 0 aromatic heterocycles. The number of carbonyl (C=O) groups excluding carboxylic acids is 2. The fraction of sp³-hybridized carbons (Fsp3) is 0.842. The zero-order valence-corrected chi connectivity index (χ0v) is 17.1. The lowest BCUT2D eigenvalue weighted by atomic mass is 10.0. The molecule has 0 aliphatic carbocycles. The lowest BCUT2D eigenvalue weighted by Crippen LogP contribution is -2.29. The fourth-order valence-electron chi connectivity index (χ4n) is 2.13. The minimum absolute atomic E-state index is 0.0324. The molecule has 0 radical (unpaired) electrons. The van der Waals surface area contributed by atoms with Gasteiger partial charge in [-0.1, -0.05) is 13.3 Å².